The van der Waals surface area contributed by atoms with Crippen molar-refractivity contribution in [1.29, 1.82) is 0 Å². The number of methoxy groups -OCH3 is 1. The van der Waals surface area contributed by atoms with E-state index in [4.69, 9.17) is 4.74 Å². The minimum Gasteiger partial charge on any atom is -0.497 e. The Balaban J connectivity index is 2.29. The number of aliphatic hydroxyl groups is 1. The van der Waals surface area contributed by atoms with Gasteiger partial charge in [-0.1, -0.05) is 34.1 Å². The van der Waals surface area contributed by atoms with Crippen molar-refractivity contribution in [3.05, 3.63) is 58.1 Å². The molecule has 1 atom stereocenters. The van der Waals surface area contributed by atoms with Gasteiger partial charge in [0, 0.05) is 9.37 Å². The van der Waals surface area contributed by atoms with Gasteiger partial charge < -0.3 is 9.84 Å². The molecule has 0 aliphatic heterocycles. The lowest BCUT2D eigenvalue weighted by molar-refractivity contribution is 0.219. The van der Waals surface area contributed by atoms with Crippen LogP contribution in [0.3, 0.4) is 0 Å². The largest absolute Gasteiger partial charge is 0.497 e. The summed E-state index contributed by atoms with van der Waals surface area (Å²) >= 11 is 5.16. The Morgan fingerprint density at radius 3 is 2.37 bits per heavy atom. The van der Waals surface area contributed by atoms with Gasteiger partial charge in [0.15, 0.2) is 0 Å². The maximum Gasteiger partial charge on any atom is 0.120 e. The molecule has 0 fully saturated rings. The summed E-state index contributed by atoms with van der Waals surface area (Å²) < 4.78 is 5.99. The van der Waals surface area contributed by atoms with Crippen molar-refractivity contribution in [1.82, 2.24) is 0 Å². The van der Waals surface area contributed by atoms with Crippen LogP contribution < -0.4 is 4.74 Å². The maximum absolute atomic E-state index is 10.4. The van der Waals surface area contributed by atoms with Crippen LogP contribution in [0, 0.1) is 0 Å². The van der Waals surface area contributed by atoms with Crippen LogP contribution >= 0.6 is 27.7 Å². The van der Waals surface area contributed by atoms with Crippen LogP contribution in [0.1, 0.15) is 17.2 Å². The monoisotopic (exact) mass is 338 g/mol. The van der Waals surface area contributed by atoms with E-state index in [1.54, 1.807) is 18.9 Å². The van der Waals surface area contributed by atoms with E-state index in [0.29, 0.717) is 0 Å². The minimum atomic E-state index is -0.642. The highest BCUT2D eigenvalue weighted by molar-refractivity contribution is 9.10. The highest BCUT2D eigenvalue weighted by Crippen LogP contribution is 2.31. The number of aliphatic hydroxyl groups excluding tert-OH is 1. The highest BCUT2D eigenvalue weighted by atomic mass is 79.9. The fourth-order valence-corrected chi connectivity index (χ4v) is 2.81. The summed E-state index contributed by atoms with van der Waals surface area (Å²) in [6.07, 6.45) is 1.39. The van der Waals surface area contributed by atoms with Crippen molar-refractivity contribution in [2.75, 3.05) is 13.4 Å². The molecule has 0 radical (unpaired) electrons. The molecule has 0 bridgehead atoms. The van der Waals surface area contributed by atoms with E-state index in [-0.39, 0.29) is 0 Å². The Labute approximate surface area is 125 Å². The van der Waals surface area contributed by atoms with Gasteiger partial charge in [-0.05, 0) is 41.6 Å². The van der Waals surface area contributed by atoms with Gasteiger partial charge in [0.2, 0.25) is 0 Å². The molecule has 0 heterocycles. The Morgan fingerprint density at radius 1 is 1.16 bits per heavy atom. The summed E-state index contributed by atoms with van der Waals surface area (Å²) in [7, 11) is 1.62. The fourth-order valence-electron chi connectivity index (χ4n) is 1.82. The third-order valence-electron chi connectivity index (χ3n) is 2.93. The normalized spacial score (nSPS) is 12.2. The summed E-state index contributed by atoms with van der Waals surface area (Å²) in [5.41, 5.74) is 1.71. The molecule has 19 heavy (non-hydrogen) atoms. The van der Waals surface area contributed by atoms with Crippen LogP contribution in [-0.4, -0.2) is 18.5 Å². The van der Waals surface area contributed by atoms with Gasteiger partial charge in [-0.25, -0.2) is 0 Å². The quantitative estimate of drug-likeness (QED) is 0.844. The van der Waals surface area contributed by atoms with Gasteiger partial charge in [-0.2, -0.15) is 0 Å². The van der Waals surface area contributed by atoms with Gasteiger partial charge in [0.25, 0.3) is 0 Å². The van der Waals surface area contributed by atoms with Crippen LogP contribution in [0.4, 0.5) is 0 Å². The lowest BCUT2D eigenvalue weighted by atomic mass is 10.0. The molecule has 2 rings (SSSR count). The zero-order chi connectivity index (χ0) is 13.8. The third-order valence-corrected chi connectivity index (χ3v) is 4.36. The van der Waals surface area contributed by atoms with E-state index < -0.39 is 6.10 Å². The molecular weight excluding hydrogens is 324 g/mol. The van der Waals surface area contributed by atoms with Gasteiger partial charge in [-0.3, -0.25) is 0 Å². The fraction of sp³-hybridized carbons (Fsp3) is 0.200. The zero-order valence-electron chi connectivity index (χ0n) is 10.8. The van der Waals surface area contributed by atoms with Gasteiger partial charge in [-0.15, -0.1) is 11.8 Å². The molecule has 0 aromatic heterocycles. The highest BCUT2D eigenvalue weighted by Gasteiger charge is 2.14. The number of thioether (sulfide) groups is 1. The molecule has 0 aliphatic rings. The molecule has 0 amide bonds. The molecule has 4 heteroatoms. The van der Waals surface area contributed by atoms with Gasteiger partial charge in [0.05, 0.1) is 7.11 Å². The maximum atomic E-state index is 10.4. The lowest BCUT2D eigenvalue weighted by Crippen LogP contribution is -2.00. The molecule has 2 aromatic rings. The first-order valence-electron chi connectivity index (χ1n) is 5.81. The Hall–Kier alpha value is -0.970. The number of ether oxygens (including phenoxy) is 1. The standard InChI is InChI=1S/C15H15BrO2S/c1-18-11-5-8-13(14(16)9-11)15(17)10-3-6-12(19-2)7-4-10/h3-9,15,17H,1-2H3. The molecule has 2 aromatic carbocycles. The first-order chi connectivity index (χ1) is 9.15. The second-order valence-electron chi connectivity index (χ2n) is 4.06. The number of hydrogen-bond acceptors (Lipinski definition) is 3. The third kappa shape index (κ3) is 3.32. The molecule has 0 aliphatic carbocycles. The number of benzene rings is 2. The molecule has 1 N–H and O–H groups in total. The van der Waals surface area contributed by atoms with Crippen molar-refractivity contribution in [2.24, 2.45) is 0 Å². The second-order valence-corrected chi connectivity index (χ2v) is 5.80. The Bertz CT molecular complexity index is 555. The van der Waals surface area contributed by atoms with Gasteiger partial charge in [0.1, 0.15) is 11.9 Å². The summed E-state index contributed by atoms with van der Waals surface area (Å²) in [5, 5.41) is 10.4. The first-order valence-corrected chi connectivity index (χ1v) is 7.83. The Kier molecular flexibility index (Phi) is 4.91. The molecule has 0 saturated carbocycles. The van der Waals surface area contributed by atoms with E-state index in [1.165, 1.54) is 4.90 Å². The predicted molar refractivity (Wildman–Crippen MR) is 83.0 cm³/mol. The van der Waals surface area contributed by atoms with Crippen LogP contribution in [0.5, 0.6) is 5.75 Å². The molecule has 0 spiro atoms. The summed E-state index contributed by atoms with van der Waals surface area (Å²) in [5.74, 6) is 0.764. The minimum absolute atomic E-state index is 0.642. The Morgan fingerprint density at radius 2 is 1.84 bits per heavy atom. The zero-order valence-corrected chi connectivity index (χ0v) is 13.2. The van der Waals surface area contributed by atoms with Crippen LogP contribution in [0.25, 0.3) is 0 Å². The van der Waals surface area contributed by atoms with E-state index in [2.05, 4.69) is 15.9 Å². The van der Waals surface area contributed by atoms with Gasteiger partial charge >= 0.3 is 0 Å². The molecule has 1 unspecified atom stereocenters. The summed E-state index contributed by atoms with van der Waals surface area (Å²) in [6.45, 7) is 0. The van der Waals surface area contributed by atoms with E-state index in [9.17, 15) is 5.11 Å². The molecule has 2 nitrogen and oxygen atoms in total. The SMILES string of the molecule is COc1ccc(C(O)c2ccc(SC)cc2)c(Br)c1. The number of hydrogen-bond donors (Lipinski definition) is 1. The van der Waals surface area contributed by atoms with Crippen molar-refractivity contribution < 1.29 is 9.84 Å². The van der Waals surface area contributed by atoms with E-state index in [1.807, 2.05) is 48.7 Å². The molecule has 100 valence electrons. The second kappa shape index (κ2) is 6.46. The number of rotatable bonds is 4. The first kappa shape index (κ1) is 14.4. The average molecular weight is 339 g/mol. The van der Waals surface area contributed by atoms with Crippen molar-refractivity contribution in [3.63, 3.8) is 0 Å². The van der Waals surface area contributed by atoms with Crippen molar-refractivity contribution in [3.8, 4) is 5.75 Å². The van der Waals surface area contributed by atoms with Crippen LogP contribution in [0.2, 0.25) is 0 Å². The van der Waals surface area contributed by atoms with Crippen LogP contribution in [-0.2, 0) is 0 Å². The van der Waals surface area contributed by atoms with Crippen LogP contribution in [0.15, 0.2) is 51.8 Å². The molecular formula is C15H15BrO2S. The van der Waals surface area contributed by atoms with Crippen molar-refractivity contribution in [2.45, 2.75) is 11.0 Å². The summed E-state index contributed by atoms with van der Waals surface area (Å²) in [4.78, 5) is 1.18. The summed E-state index contributed by atoms with van der Waals surface area (Å²) in [6, 6.07) is 13.5. The van der Waals surface area contributed by atoms with E-state index >= 15 is 0 Å². The average Bonchev–Trinajstić information content (AvgIpc) is 2.46. The van der Waals surface area contributed by atoms with Crippen molar-refractivity contribution >= 4 is 27.7 Å². The smallest absolute Gasteiger partial charge is 0.120 e. The molecule has 0 saturated heterocycles. The van der Waals surface area contributed by atoms with E-state index in [0.717, 1.165) is 21.3 Å². The predicted octanol–water partition coefficient (Wildman–Crippen LogP) is 4.26. The number of halogens is 1. The topological polar surface area (TPSA) is 29.5 Å². The lowest BCUT2D eigenvalue weighted by Gasteiger charge is -2.14.